The Morgan fingerprint density at radius 3 is 1.21 bits per heavy atom. The van der Waals surface area contributed by atoms with Crippen LogP contribution in [0.2, 0.25) is 0 Å². The Bertz CT molecular complexity index is 2740. The number of fused-ring (bicyclic) bond motifs is 13. The van der Waals surface area contributed by atoms with Crippen molar-refractivity contribution in [3.05, 3.63) is 233 Å². The van der Waals surface area contributed by atoms with Crippen molar-refractivity contribution in [3.63, 3.8) is 0 Å². The molecule has 0 aromatic heterocycles. The highest BCUT2D eigenvalue weighted by atomic mass is 15.2. The van der Waals surface area contributed by atoms with Crippen molar-refractivity contribution in [2.75, 3.05) is 4.90 Å². The Morgan fingerprint density at radius 2 is 0.768 bits per heavy atom. The molecule has 268 valence electrons. The molecule has 0 aliphatic heterocycles. The minimum absolute atomic E-state index is 0.155. The first-order chi connectivity index (χ1) is 27.3. The zero-order valence-corrected chi connectivity index (χ0v) is 32.4. The summed E-state index contributed by atoms with van der Waals surface area (Å²) in [7, 11) is 0. The molecule has 0 radical (unpaired) electrons. The second kappa shape index (κ2) is 11.5. The molecule has 0 bridgehead atoms. The number of benzene rings is 7. The molecule has 0 N–H and O–H groups in total. The second-order valence-electron chi connectivity index (χ2n) is 16.9. The summed E-state index contributed by atoms with van der Waals surface area (Å²) < 4.78 is 0. The monoisotopic (exact) mass is 717 g/mol. The van der Waals surface area contributed by atoms with Crippen LogP contribution in [0, 0.1) is 0 Å². The van der Waals surface area contributed by atoms with Gasteiger partial charge in [0.25, 0.3) is 0 Å². The van der Waals surface area contributed by atoms with Gasteiger partial charge in [-0.2, -0.15) is 0 Å². The molecule has 0 fully saturated rings. The number of allylic oxidation sites excluding steroid dienone is 5. The molecule has 7 aromatic carbocycles. The van der Waals surface area contributed by atoms with Gasteiger partial charge in [-0.05, 0) is 102 Å². The van der Waals surface area contributed by atoms with Gasteiger partial charge >= 0.3 is 0 Å². The summed E-state index contributed by atoms with van der Waals surface area (Å²) in [5, 5.41) is 0. The zero-order valence-electron chi connectivity index (χ0n) is 32.4. The molecule has 1 spiro atoms. The van der Waals surface area contributed by atoms with Crippen LogP contribution in [0.25, 0.3) is 39.0 Å². The molecule has 0 atom stereocenters. The predicted molar refractivity (Wildman–Crippen MR) is 235 cm³/mol. The van der Waals surface area contributed by atoms with E-state index in [9.17, 15) is 0 Å². The van der Waals surface area contributed by atoms with E-state index in [4.69, 9.17) is 0 Å². The number of rotatable bonds is 5. The van der Waals surface area contributed by atoms with Crippen LogP contribution in [-0.2, 0) is 16.2 Å². The fraction of sp³-hybridized carbons (Fsp3) is 0.127. The van der Waals surface area contributed by atoms with Crippen LogP contribution in [0.3, 0.4) is 0 Å². The molecule has 4 aliphatic carbocycles. The largest absolute Gasteiger partial charge is 0.312 e. The van der Waals surface area contributed by atoms with Crippen LogP contribution in [0.15, 0.2) is 188 Å². The van der Waals surface area contributed by atoms with E-state index in [-0.39, 0.29) is 10.8 Å². The summed E-state index contributed by atoms with van der Waals surface area (Å²) in [6, 6.07) is 59.7. The van der Waals surface area contributed by atoms with E-state index in [2.05, 4.69) is 209 Å². The van der Waals surface area contributed by atoms with Gasteiger partial charge in [-0.3, -0.25) is 0 Å². The van der Waals surface area contributed by atoms with E-state index >= 15 is 0 Å². The molecule has 4 aliphatic rings. The average molecular weight is 718 g/mol. The van der Waals surface area contributed by atoms with Crippen molar-refractivity contribution in [1.82, 2.24) is 0 Å². The molecule has 11 rings (SSSR count). The van der Waals surface area contributed by atoms with Crippen LogP contribution in [0.1, 0.15) is 72.2 Å². The Labute approximate surface area is 330 Å². The maximum atomic E-state index is 4.15. The van der Waals surface area contributed by atoms with Crippen molar-refractivity contribution >= 4 is 16.9 Å². The van der Waals surface area contributed by atoms with E-state index < -0.39 is 5.41 Å². The van der Waals surface area contributed by atoms with Gasteiger partial charge in [0.15, 0.2) is 0 Å². The van der Waals surface area contributed by atoms with Gasteiger partial charge in [0.2, 0.25) is 0 Å². The lowest BCUT2D eigenvalue weighted by Crippen LogP contribution is -2.36. The Morgan fingerprint density at radius 1 is 0.411 bits per heavy atom. The maximum Gasteiger partial charge on any atom is 0.0881 e. The van der Waals surface area contributed by atoms with Crippen molar-refractivity contribution in [2.45, 2.75) is 43.9 Å². The van der Waals surface area contributed by atoms with Crippen molar-refractivity contribution in [2.24, 2.45) is 0 Å². The van der Waals surface area contributed by atoms with Gasteiger partial charge in [-0.25, -0.2) is 0 Å². The topological polar surface area (TPSA) is 3.24 Å². The smallest absolute Gasteiger partial charge is 0.0881 e. The maximum absolute atomic E-state index is 4.15. The highest BCUT2D eigenvalue weighted by Gasteiger charge is 2.55. The number of hydrogen-bond donors (Lipinski definition) is 0. The Balaban J connectivity index is 1.27. The lowest BCUT2D eigenvalue weighted by Gasteiger charge is -2.40. The van der Waals surface area contributed by atoms with Crippen molar-refractivity contribution in [3.8, 4) is 33.4 Å². The van der Waals surface area contributed by atoms with E-state index in [1.165, 1.54) is 89.2 Å². The molecule has 1 nitrogen and oxygen atoms in total. The minimum Gasteiger partial charge on any atom is -0.312 e. The quantitative estimate of drug-likeness (QED) is 0.160. The molecule has 56 heavy (non-hydrogen) atoms. The molecule has 1 heteroatoms. The summed E-state index contributed by atoms with van der Waals surface area (Å²) in [4.78, 5) is 2.63. The molecule has 0 unspecified atom stereocenters. The highest BCUT2D eigenvalue weighted by Crippen LogP contribution is 2.64. The average Bonchev–Trinajstić information content (AvgIpc) is 3.85. The molecule has 0 saturated heterocycles. The van der Waals surface area contributed by atoms with Gasteiger partial charge in [-0.15, -0.1) is 0 Å². The molecule has 0 heterocycles. The van der Waals surface area contributed by atoms with Gasteiger partial charge in [0.1, 0.15) is 0 Å². The number of hydrogen-bond acceptors (Lipinski definition) is 1. The lowest BCUT2D eigenvalue weighted by molar-refractivity contribution is 0.659. The molecule has 7 aromatic rings. The summed E-state index contributed by atoms with van der Waals surface area (Å²) in [5.74, 6) is 0. The molecule has 0 saturated carbocycles. The van der Waals surface area contributed by atoms with Gasteiger partial charge in [0, 0.05) is 27.8 Å². The number of nitrogens with zero attached hydrogens (tertiary/aromatic N) is 1. The van der Waals surface area contributed by atoms with Gasteiger partial charge in [-0.1, -0.05) is 186 Å². The van der Waals surface area contributed by atoms with Crippen molar-refractivity contribution < 1.29 is 0 Å². The predicted octanol–water partition coefficient (Wildman–Crippen LogP) is 13.9. The SMILES string of the molecule is C=C/C=C\C1=C(N(c2ccc3c(c2)C(C)(C)c2ccccc2-3)c2ccc3c(c2)C(C)(C)c2ccccc2-3)C2(c3ccccc31)c1ccccc1-c1ccccc12. The number of anilines is 2. The van der Waals surface area contributed by atoms with E-state index in [1.807, 2.05) is 6.08 Å². The first-order valence-electron chi connectivity index (χ1n) is 19.9. The summed E-state index contributed by atoms with van der Waals surface area (Å²) in [6.45, 7) is 13.7. The fourth-order valence-electron chi connectivity index (χ4n) is 11.0. The second-order valence-corrected chi connectivity index (χ2v) is 16.9. The van der Waals surface area contributed by atoms with Crippen LogP contribution >= 0.6 is 0 Å². The third-order valence-electron chi connectivity index (χ3n) is 13.5. The van der Waals surface area contributed by atoms with E-state index in [1.54, 1.807) is 0 Å². The van der Waals surface area contributed by atoms with Crippen LogP contribution in [0.4, 0.5) is 11.4 Å². The first kappa shape index (κ1) is 32.9. The summed E-state index contributed by atoms with van der Waals surface area (Å²) >= 11 is 0. The minimum atomic E-state index is -0.584. The van der Waals surface area contributed by atoms with Crippen LogP contribution < -0.4 is 4.90 Å². The van der Waals surface area contributed by atoms with Gasteiger partial charge in [0.05, 0.1) is 11.1 Å². The standard InChI is InChI=1S/C55H43N/c1-6-7-18-44-41-23-12-17-28-49(41)55(47-26-15-10-21-39(47)40-22-11-16-27-48(40)55)52(44)56(35-29-31-42-37-19-8-13-24-45(37)53(2,3)50(42)33-35)36-30-32-43-38-20-9-14-25-46(38)54(4,5)51(43)34-36/h6-34H,1H2,2-5H3/b18-7-. The molecule has 0 amide bonds. The van der Waals surface area contributed by atoms with Crippen molar-refractivity contribution in [1.29, 1.82) is 0 Å². The zero-order chi connectivity index (χ0) is 38.0. The van der Waals surface area contributed by atoms with Crippen LogP contribution in [0.5, 0.6) is 0 Å². The lowest BCUT2D eigenvalue weighted by atomic mass is 9.71. The van der Waals surface area contributed by atoms with E-state index in [0.717, 1.165) is 11.4 Å². The first-order valence-corrected chi connectivity index (χ1v) is 19.9. The summed E-state index contributed by atoms with van der Waals surface area (Å²) in [6.07, 6.45) is 6.32. The third-order valence-corrected chi connectivity index (χ3v) is 13.5. The normalized spacial score (nSPS) is 16.6. The Kier molecular flexibility index (Phi) is 6.79. The van der Waals surface area contributed by atoms with E-state index in [0.29, 0.717) is 0 Å². The fourth-order valence-corrected chi connectivity index (χ4v) is 11.0. The summed E-state index contributed by atoms with van der Waals surface area (Å²) in [5.41, 5.74) is 22.4. The van der Waals surface area contributed by atoms with Crippen LogP contribution in [-0.4, -0.2) is 0 Å². The molecular formula is C55H43N. The highest BCUT2D eigenvalue weighted by molar-refractivity contribution is 6.01. The third kappa shape index (κ3) is 4.10. The van der Waals surface area contributed by atoms with Gasteiger partial charge < -0.3 is 4.90 Å². The molecular weight excluding hydrogens is 675 g/mol. The Hall–Kier alpha value is -6.44.